The summed E-state index contributed by atoms with van der Waals surface area (Å²) >= 11 is 0. The zero-order valence-electron chi connectivity index (χ0n) is 10.8. The first-order valence-corrected chi connectivity index (χ1v) is 7.18. The van der Waals surface area contributed by atoms with Gasteiger partial charge in [0, 0.05) is 18.7 Å². The van der Waals surface area contributed by atoms with E-state index in [0.29, 0.717) is 0 Å². The Morgan fingerprint density at radius 2 is 1.95 bits per heavy atom. The molecular formula is C11H15NO7S. The Morgan fingerprint density at radius 3 is 2.55 bits per heavy atom. The molecule has 0 saturated heterocycles. The van der Waals surface area contributed by atoms with Crippen LogP contribution in [0.2, 0.25) is 0 Å². The van der Waals surface area contributed by atoms with Gasteiger partial charge in [0.1, 0.15) is 0 Å². The topological polar surface area (TPSA) is 125 Å². The lowest BCUT2D eigenvalue weighted by Gasteiger charge is -2.24. The number of nitrogens with one attached hydrogen (secondary N) is 1. The van der Waals surface area contributed by atoms with E-state index in [1.807, 2.05) is 13.8 Å². The van der Waals surface area contributed by atoms with Crippen molar-refractivity contribution in [1.29, 1.82) is 0 Å². The minimum Gasteiger partial charge on any atom is -0.504 e. The Kier molecular flexibility index (Phi) is 3.67. The number of fused-ring (bicyclic) bond motifs is 2. The monoisotopic (exact) mass is 305 g/mol. The summed E-state index contributed by atoms with van der Waals surface area (Å²) in [5.41, 5.74) is -0.0386. The van der Waals surface area contributed by atoms with Crippen LogP contribution in [0.25, 0.3) is 0 Å². The summed E-state index contributed by atoms with van der Waals surface area (Å²) in [6.07, 6.45) is -1.18. The average molecular weight is 305 g/mol. The fourth-order valence-electron chi connectivity index (χ4n) is 1.77. The van der Waals surface area contributed by atoms with Gasteiger partial charge in [-0.3, -0.25) is 0 Å². The molecule has 0 amide bonds. The van der Waals surface area contributed by atoms with E-state index in [0.717, 1.165) is 6.07 Å². The number of aromatic hydroxyl groups is 2. The van der Waals surface area contributed by atoms with Gasteiger partial charge in [0.25, 0.3) is 0 Å². The normalized spacial score (nSPS) is 17.4. The summed E-state index contributed by atoms with van der Waals surface area (Å²) in [7, 11) is -4.36. The first kappa shape index (κ1) is 14.7. The van der Waals surface area contributed by atoms with E-state index < -0.39 is 33.8 Å². The van der Waals surface area contributed by atoms with Crippen molar-refractivity contribution in [2.24, 2.45) is 0 Å². The second-order valence-corrected chi connectivity index (χ2v) is 5.79. The zero-order chi connectivity index (χ0) is 15.1. The molecule has 1 aromatic carbocycles. The average Bonchev–Trinajstić information content (AvgIpc) is 2.31. The van der Waals surface area contributed by atoms with Gasteiger partial charge in [0.2, 0.25) is 11.5 Å². The number of hydrogen-bond acceptors (Lipinski definition) is 8. The van der Waals surface area contributed by atoms with Crippen LogP contribution in [-0.4, -0.2) is 36.3 Å². The molecule has 0 aromatic heterocycles. The summed E-state index contributed by atoms with van der Waals surface area (Å²) in [5, 5.41) is 32.1. The molecule has 0 spiro atoms. The highest BCUT2D eigenvalue weighted by Gasteiger charge is 2.36. The van der Waals surface area contributed by atoms with Gasteiger partial charge in [-0.25, -0.2) is 0 Å². The van der Waals surface area contributed by atoms with Crippen LogP contribution in [0.4, 0.5) is 0 Å². The number of phenols is 2. The highest BCUT2D eigenvalue weighted by molar-refractivity contribution is 7.82. The summed E-state index contributed by atoms with van der Waals surface area (Å²) in [4.78, 5) is 0. The van der Waals surface area contributed by atoms with E-state index in [2.05, 4.69) is 13.7 Å². The molecule has 8 nitrogen and oxygen atoms in total. The predicted octanol–water partition coefficient (Wildman–Crippen LogP) is 0.145. The third kappa shape index (κ3) is 2.74. The van der Waals surface area contributed by atoms with Gasteiger partial charge in [0.05, 0.1) is 11.7 Å². The lowest BCUT2D eigenvalue weighted by atomic mass is 10.1. The lowest BCUT2D eigenvalue weighted by Crippen LogP contribution is -2.30. The summed E-state index contributed by atoms with van der Waals surface area (Å²) < 4.78 is 31.7. The molecule has 4 N–H and O–H groups in total. The van der Waals surface area contributed by atoms with Crippen molar-refractivity contribution in [3.8, 4) is 23.0 Å². The molecule has 0 saturated carbocycles. The number of hydrogen-bond donors (Lipinski definition) is 4. The van der Waals surface area contributed by atoms with Crippen molar-refractivity contribution < 1.29 is 32.1 Å². The molecule has 2 rings (SSSR count). The molecule has 9 heteroatoms. The molecule has 2 bridgehead atoms. The minimum atomic E-state index is -4.36. The first-order chi connectivity index (χ1) is 9.21. The van der Waals surface area contributed by atoms with E-state index in [1.165, 1.54) is 0 Å². The van der Waals surface area contributed by atoms with Gasteiger partial charge < -0.3 is 29.0 Å². The predicted molar refractivity (Wildman–Crippen MR) is 68.0 cm³/mol. The summed E-state index contributed by atoms with van der Waals surface area (Å²) in [5.74, 6) is -2.17. The quantitative estimate of drug-likeness (QED) is 0.579. The van der Waals surface area contributed by atoms with Gasteiger partial charge in [-0.05, 0) is 0 Å². The minimum absolute atomic E-state index is 0.0386. The van der Waals surface area contributed by atoms with Crippen LogP contribution in [0, 0.1) is 0 Å². The van der Waals surface area contributed by atoms with Crippen LogP contribution >= 0.6 is 0 Å². The van der Waals surface area contributed by atoms with Gasteiger partial charge in [0.15, 0.2) is 11.5 Å². The number of rotatable bonds is 4. The van der Waals surface area contributed by atoms with Crippen molar-refractivity contribution >= 4 is 10.4 Å². The molecule has 1 atom stereocenters. The van der Waals surface area contributed by atoms with E-state index in [-0.39, 0.29) is 23.9 Å². The first-order valence-electron chi connectivity index (χ1n) is 5.85. The molecule has 112 valence electrons. The standard InChI is InChI=1S/C11H15NO7S/c1-5(2)12-4-7(14)9-8-3-6(13)10(15)11(9)19-20(16,17)18-8/h3,5,7,12-15H,4H2,1-2H3/t7-/m1/s1. The highest BCUT2D eigenvalue weighted by atomic mass is 32.3. The molecular weight excluding hydrogens is 290 g/mol. The van der Waals surface area contributed by atoms with Crippen LogP contribution in [0.1, 0.15) is 25.5 Å². The molecule has 0 fully saturated rings. The lowest BCUT2D eigenvalue weighted by molar-refractivity contribution is 0.163. The van der Waals surface area contributed by atoms with Crippen LogP contribution < -0.4 is 13.7 Å². The van der Waals surface area contributed by atoms with Crippen molar-refractivity contribution in [1.82, 2.24) is 5.32 Å². The Balaban J connectivity index is 2.44. The Bertz CT molecular complexity index is 626. The number of aliphatic hydroxyl groups excluding tert-OH is 1. The van der Waals surface area contributed by atoms with Crippen LogP contribution in [0.15, 0.2) is 6.07 Å². The van der Waals surface area contributed by atoms with Crippen molar-refractivity contribution in [2.45, 2.75) is 26.0 Å². The molecule has 1 aliphatic heterocycles. The maximum absolute atomic E-state index is 11.3. The van der Waals surface area contributed by atoms with Crippen LogP contribution in [0.5, 0.6) is 23.0 Å². The molecule has 1 aliphatic rings. The Labute approximate surface area is 115 Å². The van der Waals surface area contributed by atoms with E-state index in [9.17, 15) is 23.7 Å². The highest BCUT2D eigenvalue weighted by Crippen LogP contribution is 2.49. The second kappa shape index (κ2) is 5.00. The third-order valence-electron chi connectivity index (χ3n) is 2.67. The number of benzene rings is 1. The van der Waals surface area contributed by atoms with Crippen molar-refractivity contribution in [2.75, 3.05) is 6.54 Å². The van der Waals surface area contributed by atoms with Crippen LogP contribution in [0.3, 0.4) is 0 Å². The molecule has 0 unspecified atom stereocenters. The Hall–Kier alpha value is -1.71. The second-order valence-electron chi connectivity index (χ2n) is 4.64. The van der Waals surface area contributed by atoms with Crippen molar-refractivity contribution in [3.05, 3.63) is 11.6 Å². The van der Waals surface area contributed by atoms with E-state index >= 15 is 0 Å². The van der Waals surface area contributed by atoms with E-state index in [1.54, 1.807) is 0 Å². The molecule has 0 aliphatic carbocycles. The van der Waals surface area contributed by atoms with Gasteiger partial charge in [-0.15, -0.1) is 8.42 Å². The molecule has 20 heavy (non-hydrogen) atoms. The van der Waals surface area contributed by atoms with E-state index in [4.69, 9.17) is 0 Å². The number of aliphatic hydroxyl groups is 1. The van der Waals surface area contributed by atoms with Gasteiger partial charge in [-0.2, -0.15) is 0 Å². The fourth-order valence-corrected chi connectivity index (χ4v) is 2.54. The van der Waals surface area contributed by atoms with Gasteiger partial charge in [-0.1, -0.05) is 13.8 Å². The Morgan fingerprint density at radius 1 is 1.30 bits per heavy atom. The zero-order valence-corrected chi connectivity index (χ0v) is 11.6. The molecule has 0 radical (unpaired) electrons. The summed E-state index contributed by atoms with van der Waals surface area (Å²) in [6, 6.07) is 1.00. The maximum Gasteiger partial charge on any atom is 0.501 e. The number of phenolic OH excluding ortho intramolecular Hbond substituents is 2. The largest absolute Gasteiger partial charge is 0.504 e. The van der Waals surface area contributed by atoms with Crippen LogP contribution in [-0.2, 0) is 10.4 Å². The summed E-state index contributed by atoms with van der Waals surface area (Å²) in [6.45, 7) is 3.83. The smallest absolute Gasteiger partial charge is 0.501 e. The van der Waals surface area contributed by atoms with Gasteiger partial charge >= 0.3 is 10.4 Å². The maximum atomic E-state index is 11.3. The molecule has 1 heterocycles. The SMILES string of the molecule is CC(C)NC[C@@H](O)c1c2cc(O)c(O)c1OS(=O)(=O)O2. The molecule has 1 aromatic rings. The fraction of sp³-hybridized carbons (Fsp3) is 0.455. The van der Waals surface area contributed by atoms with Crippen molar-refractivity contribution in [3.63, 3.8) is 0 Å². The third-order valence-corrected chi connectivity index (χ3v) is 3.42.